The molecule has 1 spiro atoms. The number of aliphatic hydroxyl groups is 1. The zero-order valence-electron chi connectivity index (χ0n) is 28.9. The highest BCUT2D eigenvalue weighted by Crippen LogP contribution is 2.69. The molecule has 0 aliphatic carbocycles. The largest absolute Gasteiger partial charge is 0.494 e. The summed E-state index contributed by atoms with van der Waals surface area (Å²) in [6.45, 7) is 17.7. The van der Waals surface area contributed by atoms with E-state index in [-0.39, 0.29) is 35.5 Å². The normalized spacial score (nSPS) is 25.6. The van der Waals surface area contributed by atoms with Gasteiger partial charge in [-0.1, -0.05) is 44.1 Å². The van der Waals surface area contributed by atoms with Gasteiger partial charge < -0.3 is 24.5 Å². The Morgan fingerprint density at radius 2 is 1.71 bits per heavy atom. The van der Waals surface area contributed by atoms with E-state index in [0.717, 1.165) is 53.9 Å². The molecule has 1 N–H and O–H groups in total. The van der Waals surface area contributed by atoms with Crippen molar-refractivity contribution >= 4 is 40.9 Å². The van der Waals surface area contributed by atoms with Crippen molar-refractivity contribution in [1.82, 2.24) is 4.90 Å². The van der Waals surface area contributed by atoms with Crippen LogP contribution in [0, 0.1) is 31.6 Å². The summed E-state index contributed by atoms with van der Waals surface area (Å²) in [4.78, 5) is 50.0. The molecule has 48 heavy (non-hydrogen) atoms. The van der Waals surface area contributed by atoms with Crippen LogP contribution in [0.4, 0.5) is 11.4 Å². The van der Waals surface area contributed by atoms with Crippen LogP contribution in [-0.4, -0.2) is 76.6 Å². The topological polar surface area (TPSA) is 90.4 Å². The molecule has 0 aromatic heterocycles. The number of aryl methyl sites for hydroxylation is 2. The predicted molar refractivity (Wildman–Crippen MR) is 195 cm³/mol. The molecule has 3 unspecified atom stereocenters. The van der Waals surface area contributed by atoms with Crippen LogP contribution in [-0.2, 0) is 14.4 Å². The third-order valence-corrected chi connectivity index (χ3v) is 12.4. The molecule has 0 radical (unpaired) electrons. The smallest absolute Gasteiger partial charge is 0.251 e. The Hall–Kier alpha value is -3.56. The Bertz CT molecular complexity index is 1510. The van der Waals surface area contributed by atoms with Gasteiger partial charge in [0.05, 0.1) is 23.2 Å². The van der Waals surface area contributed by atoms with Crippen molar-refractivity contribution in [2.24, 2.45) is 17.8 Å². The molecule has 0 saturated carbocycles. The highest BCUT2D eigenvalue weighted by Gasteiger charge is 2.76. The van der Waals surface area contributed by atoms with Crippen molar-refractivity contribution in [3.63, 3.8) is 0 Å². The van der Waals surface area contributed by atoms with Gasteiger partial charge in [-0.2, -0.15) is 0 Å². The van der Waals surface area contributed by atoms with E-state index in [9.17, 15) is 14.7 Å². The summed E-state index contributed by atoms with van der Waals surface area (Å²) in [6, 6.07) is 12.8. The second kappa shape index (κ2) is 15.3. The van der Waals surface area contributed by atoms with E-state index in [0.29, 0.717) is 32.7 Å². The number of hydrogen-bond acceptors (Lipinski definition) is 6. The molecule has 3 aliphatic heterocycles. The SMILES string of the molecule is C=CCN(C(=O)[C@@H]1[C@@H]2CC(C)C3(S2)C(C(=O)N(CC=C)c2cc(C)ccc2C)N(CCCCCCO)C(=O)[C@H]13)c1ccc(OCC)cc1. The van der Waals surface area contributed by atoms with E-state index in [1.165, 1.54) is 0 Å². The van der Waals surface area contributed by atoms with E-state index in [1.54, 1.807) is 33.7 Å². The van der Waals surface area contributed by atoms with Crippen LogP contribution < -0.4 is 14.5 Å². The van der Waals surface area contributed by atoms with Crippen LogP contribution >= 0.6 is 11.8 Å². The number of nitrogens with zero attached hydrogens (tertiary/aromatic N) is 3. The van der Waals surface area contributed by atoms with Gasteiger partial charge in [0, 0.05) is 42.9 Å². The van der Waals surface area contributed by atoms with E-state index in [2.05, 4.69) is 20.1 Å². The molecule has 2 aromatic rings. The van der Waals surface area contributed by atoms with Crippen molar-refractivity contribution in [1.29, 1.82) is 0 Å². The first-order valence-corrected chi connectivity index (χ1v) is 18.3. The predicted octanol–water partition coefficient (Wildman–Crippen LogP) is 6.33. The maximum atomic E-state index is 15.1. The number of anilines is 2. The molecule has 6 atom stereocenters. The molecule has 258 valence electrons. The molecule has 3 fully saturated rings. The minimum Gasteiger partial charge on any atom is -0.494 e. The van der Waals surface area contributed by atoms with Crippen molar-refractivity contribution in [2.75, 3.05) is 42.6 Å². The number of fused-ring (bicyclic) bond motifs is 1. The van der Waals surface area contributed by atoms with Crippen LogP contribution in [0.25, 0.3) is 0 Å². The van der Waals surface area contributed by atoms with Gasteiger partial charge in [-0.25, -0.2) is 0 Å². The van der Waals surface area contributed by atoms with Crippen LogP contribution in [0.5, 0.6) is 5.75 Å². The molecule has 5 rings (SSSR count). The molecule has 3 aliphatic rings. The van der Waals surface area contributed by atoms with Gasteiger partial charge in [-0.15, -0.1) is 24.9 Å². The van der Waals surface area contributed by atoms with Crippen molar-refractivity contribution < 1.29 is 24.2 Å². The van der Waals surface area contributed by atoms with E-state index >= 15 is 4.79 Å². The highest BCUT2D eigenvalue weighted by atomic mass is 32.2. The standard InChI is InChI=1S/C39H51N3O5S/c1-7-20-40(29-16-18-30(19-17-29)47-9-3)36(44)33-32-25-28(6)39(48-32)34(33)37(45)42(22-12-10-11-13-23-43)35(39)38(46)41(21-8-2)31-24-26(4)14-15-27(31)5/h7-8,14-19,24,28,32-35,43H,1-2,9-13,20-23,25H2,3-6H3/t28?,32-,33+,34-,35?,39?/m0/s1. The fourth-order valence-corrected chi connectivity index (χ4v) is 10.6. The number of benzene rings is 2. The lowest BCUT2D eigenvalue weighted by atomic mass is 9.65. The van der Waals surface area contributed by atoms with Gasteiger partial charge in [0.2, 0.25) is 11.8 Å². The fraction of sp³-hybridized carbons (Fsp3) is 0.513. The molecular weight excluding hydrogens is 623 g/mol. The van der Waals surface area contributed by atoms with Crippen molar-refractivity contribution in [3.05, 3.63) is 78.9 Å². The van der Waals surface area contributed by atoms with Crippen LogP contribution in [0.15, 0.2) is 67.8 Å². The molecule has 8 nitrogen and oxygen atoms in total. The molecule has 3 saturated heterocycles. The van der Waals surface area contributed by atoms with E-state index < -0.39 is 22.6 Å². The average molecular weight is 674 g/mol. The summed E-state index contributed by atoms with van der Waals surface area (Å²) >= 11 is 1.70. The van der Waals surface area contributed by atoms with Crippen molar-refractivity contribution in [2.45, 2.75) is 75.8 Å². The molecule has 3 heterocycles. The second-order valence-electron chi connectivity index (χ2n) is 13.4. The van der Waals surface area contributed by atoms with Gasteiger partial charge in [0.25, 0.3) is 5.91 Å². The van der Waals surface area contributed by atoms with Crippen LogP contribution in [0.3, 0.4) is 0 Å². The zero-order chi connectivity index (χ0) is 34.6. The first-order valence-electron chi connectivity index (χ1n) is 17.4. The van der Waals surface area contributed by atoms with Gasteiger partial charge in [0.1, 0.15) is 11.8 Å². The monoisotopic (exact) mass is 673 g/mol. The van der Waals surface area contributed by atoms with Gasteiger partial charge in [-0.05, 0) is 87.4 Å². The number of likely N-dealkylation sites (tertiary alicyclic amines) is 1. The second-order valence-corrected chi connectivity index (χ2v) is 15.0. The van der Waals surface area contributed by atoms with Crippen LogP contribution in [0.1, 0.15) is 57.1 Å². The fourth-order valence-electron chi connectivity index (χ4n) is 8.18. The zero-order valence-corrected chi connectivity index (χ0v) is 29.7. The van der Waals surface area contributed by atoms with Gasteiger partial charge in [0.15, 0.2) is 0 Å². The Balaban J connectivity index is 1.56. The summed E-state index contributed by atoms with van der Waals surface area (Å²) in [7, 11) is 0. The number of aliphatic hydroxyl groups excluding tert-OH is 1. The third kappa shape index (κ3) is 6.43. The summed E-state index contributed by atoms with van der Waals surface area (Å²) in [5.74, 6) is -0.704. The Morgan fingerprint density at radius 3 is 2.38 bits per heavy atom. The quantitative estimate of drug-likeness (QED) is 0.166. The number of unbranched alkanes of at least 4 members (excludes halogenated alkanes) is 3. The summed E-state index contributed by atoms with van der Waals surface area (Å²) in [5, 5.41) is 9.24. The van der Waals surface area contributed by atoms with Crippen LogP contribution in [0.2, 0.25) is 0 Å². The number of carbonyl (C=O) groups is 3. The number of carbonyl (C=O) groups excluding carboxylic acids is 3. The van der Waals surface area contributed by atoms with Gasteiger partial charge >= 0.3 is 0 Å². The van der Waals surface area contributed by atoms with E-state index in [1.807, 2.05) is 68.1 Å². The number of hydrogen-bond donors (Lipinski definition) is 1. The lowest BCUT2D eigenvalue weighted by Gasteiger charge is -2.41. The molecular formula is C39H51N3O5S. The number of ether oxygens (including phenoxy) is 1. The third-order valence-electron chi connectivity index (χ3n) is 10.3. The first-order chi connectivity index (χ1) is 23.1. The Labute approximate surface area is 290 Å². The lowest BCUT2D eigenvalue weighted by molar-refractivity contribution is -0.139. The summed E-state index contributed by atoms with van der Waals surface area (Å²) in [6.07, 6.45) is 7.33. The highest BCUT2D eigenvalue weighted by molar-refractivity contribution is 8.02. The molecule has 3 amide bonds. The lowest BCUT2D eigenvalue weighted by Crippen LogP contribution is -2.58. The molecule has 2 bridgehead atoms. The minimum absolute atomic E-state index is 0.0568. The molecule has 2 aromatic carbocycles. The Morgan fingerprint density at radius 1 is 1.02 bits per heavy atom. The maximum Gasteiger partial charge on any atom is 0.251 e. The molecule has 9 heteroatoms. The first kappa shape index (κ1) is 35.7. The number of rotatable bonds is 16. The number of amides is 3. The van der Waals surface area contributed by atoms with Gasteiger partial charge in [-0.3, -0.25) is 14.4 Å². The van der Waals surface area contributed by atoms with Crippen molar-refractivity contribution in [3.8, 4) is 5.75 Å². The summed E-state index contributed by atoms with van der Waals surface area (Å²) in [5.41, 5.74) is 3.57. The maximum absolute atomic E-state index is 15.1. The summed E-state index contributed by atoms with van der Waals surface area (Å²) < 4.78 is 4.90. The average Bonchev–Trinajstić information content (AvgIpc) is 3.67. The minimum atomic E-state index is -0.736. The number of thioether (sulfide) groups is 1. The van der Waals surface area contributed by atoms with E-state index in [4.69, 9.17) is 4.74 Å². The Kier molecular flexibility index (Phi) is 11.4.